The molecule has 0 spiro atoms. The van der Waals surface area contributed by atoms with Gasteiger partial charge in [-0.25, -0.2) is 9.78 Å². The molecule has 2 aliphatic rings. The molecular formula is C29H25Cl2N3O2S2. The third-order valence-corrected chi connectivity index (χ3v) is 9.75. The summed E-state index contributed by atoms with van der Waals surface area (Å²) in [6.07, 6.45) is 3.08. The van der Waals surface area contributed by atoms with Gasteiger partial charge in [-0.3, -0.25) is 4.90 Å². The molecule has 1 fully saturated rings. The van der Waals surface area contributed by atoms with Crippen LogP contribution < -0.4 is 4.90 Å². The predicted octanol–water partition coefficient (Wildman–Crippen LogP) is 7.53. The van der Waals surface area contributed by atoms with Gasteiger partial charge in [0.2, 0.25) is 0 Å². The van der Waals surface area contributed by atoms with E-state index < -0.39 is 5.97 Å². The summed E-state index contributed by atoms with van der Waals surface area (Å²) in [5, 5.41) is 11.4. The lowest BCUT2D eigenvalue weighted by Crippen LogP contribution is -2.48. The topological polar surface area (TPSA) is 56.7 Å². The number of hydrogen-bond acceptors (Lipinski definition) is 6. The minimum absolute atomic E-state index is 0.0100. The van der Waals surface area contributed by atoms with Gasteiger partial charge in [0.25, 0.3) is 0 Å². The fourth-order valence-electron chi connectivity index (χ4n) is 5.44. The third kappa shape index (κ3) is 4.87. The van der Waals surface area contributed by atoms with Gasteiger partial charge >= 0.3 is 5.97 Å². The Hall–Kier alpha value is -2.42. The van der Waals surface area contributed by atoms with Crippen LogP contribution in [0.5, 0.6) is 0 Å². The molecule has 38 heavy (non-hydrogen) atoms. The maximum Gasteiger partial charge on any atom is 0.354 e. The number of carboxylic acids is 1. The van der Waals surface area contributed by atoms with E-state index in [-0.39, 0.29) is 11.7 Å². The molecular weight excluding hydrogens is 557 g/mol. The number of carboxylic acid groups (broad SMARTS) is 1. The van der Waals surface area contributed by atoms with Gasteiger partial charge in [-0.15, -0.1) is 11.8 Å². The van der Waals surface area contributed by atoms with Crippen molar-refractivity contribution in [2.75, 3.05) is 37.3 Å². The largest absolute Gasteiger partial charge is 0.477 e. The van der Waals surface area contributed by atoms with E-state index in [1.807, 2.05) is 11.8 Å². The third-order valence-electron chi connectivity index (χ3n) is 7.30. The monoisotopic (exact) mass is 581 g/mol. The Labute approximate surface area is 240 Å². The second kappa shape index (κ2) is 10.6. The molecule has 1 aromatic heterocycles. The summed E-state index contributed by atoms with van der Waals surface area (Å²) in [6, 6.07) is 20.8. The fourth-order valence-corrected chi connectivity index (χ4v) is 7.58. The number of halogens is 2. The lowest BCUT2D eigenvalue weighted by molar-refractivity contribution is 0.0691. The number of carbonyl (C=O) groups is 1. The zero-order chi connectivity index (χ0) is 26.4. The molecule has 6 rings (SSSR count). The SMILES string of the molecule is CSc1ccc2c(c1)[C@@H](N1CCN(c3cc(C(=O)O)nc4cc(Cl)cc(Cl)c34)CC1)Cc1ccccc1S2. The van der Waals surface area contributed by atoms with Crippen molar-refractivity contribution < 1.29 is 9.90 Å². The minimum atomic E-state index is -1.07. The summed E-state index contributed by atoms with van der Waals surface area (Å²) in [4.78, 5) is 24.9. The molecule has 0 saturated carbocycles. The number of anilines is 1. The molecule has 4 aromatic rings. The van der Waals surface area contributed by atoms with Crippen LogP contribution in [-0.2, 0) is 6.42 Å². The van der Waals surface area contributed by atoms with Crippen molar-refractivity contribution in [2.24, 2.45) is 0 Å². The van der Waals surface area contributed by atoms with E-state index in [2.05, 4.69) is 63.5 Å². The Morgan fingerprint density at radius 2 is 1.82 bits per heavy atom. The zero-order valence-corrected chi connectivity index (χ0v) is 23.8. The summed E-state index contributed by atoms with van der Waals surface area (Å²) in [5.41, 5.74) is 4.04. The highest BCUT2D eigenvalue weighted by Gasteiger charge is 2.31. The summed E-state index contributed by atoms with van der Waals surface area (Å²) in [6.45, 7) is 3.19. The Morgan fingerprint density at radius 3 is 2.58 bits per heavy atom. The average Bonchev–Trinajstić information content (AvgIpc) is 3.08. The number of aromatic carboxylic acids is 1. The molecule has 3 aromatic carbocycles. The first-order valence-electron chi connectivity index (χ1n) is 12.4. The average molecular weight is 583 g/mol. The maximum atomic E-state index is 11.9. The van der Waals surface area contributed by atoms with Crippen molar-refractivity contribution in [2.45, 2.75) is 27.1 Å². The normalized spacial score (nSPS) is 17.7. The van der Waals surface area contributed by atoms with Crippen molar-refractivity contribution in [3.8, 4) is 0 Å². The van der Waals surface area contributed by atoms with Crippen LogP contribution in [0.2, 0.25) is 10.0 Å². The Morgan fingerprint density at radius 1 is 1.03 bits per heavy atom. The quantitative estimate of drug-likeness (QED) is 0.250. The minimum Gasteiger partial charge on any atom is -0.477 e. The molecule has 3 heterocycles. The summed E-state index contributed by atoms with van der Waals surface area (Å²) < 4.78 is 0. The highest BCUT2D eigenvalue weighted by Crippen LogP contribution is 2.44. The molecule has 194 valence electrons. The van der Waals surface area contributed by atoms with Crippen LogP contribution in [0, 0.1) is 0 Å². The number of nitrogens with zero attached hydrogens (tertiary/aromatic N) is 3. The van der Waals surface area contributed by atoms with E-state index in [0.29, 0.717) is 15.6 Å². The number of aromatic nitrogens is 1. The molecule has 1 atom stereocenters. The van der Waals surface area contributed by atoms with Gasteiger partial charge in [0.15, 0.2) is 5.69 Å². The van der Waals surface area contributed by atoms with Crippen molar-refractivity contribution in [3.63, 3.8) is 0 Å². The van der Waals surface area contributed by atoms with Crippen LogP contribution in [0.25, 0.3) is 10.9 Å². The van der Waals surface area contributed by atoms with Crippen LogP contribution in [0.4, 0.5) is 5.69 Å². The summed E-state index contributed by atoms with van der Waals surface area (Å²) in [7, 11) is 0. The standard InChI is InChI=1S/C29H25Cl2N3O2S2/c1-37-19-6-7-27-20(15-19)24(12-17-4-2-3-5-26(17)38-27)33-8-10-34(11-9-33)25-16-23(29(35)36)32-22-14-18(30)13-21(31)28(22)25/h2-7,13-16,24H,8-12H2,1H3,(H,35,36)/t24-/m0/s1. The van der Waals surface area contributed by atoms with E-state index in [9.17, 15) is 9.90 Å². The summed E-state index contributed by atoms with van der Waals surface area (Å²) >= 11 is 16.5. The molecule has 0 unspecified atom stereocenters. The number of hydrogen-bond donors (Lipinski definition) is 1. The van der Waals surface area contributed by atoms with Gasteiger partial charge < -0.3 is 10.0 Å². The van der Waals surface area contributed by atoms with Gasteiger partial charge in [-0.05, 0) is 66.3 Å². The maximum absolute atomic E-state index is 11.9. The lowest BCUT2D eigenvalue weighted by atomic mass is 9.96. The van der Waals surface area contributed by atoms with E-state index >= 15 is 0 Å². The van der Waals surface area contributed by atoms with Gasteiger partial charge in [-0.2, -0.15) is 0 Å². The smallest absolute Gasteiger partial charge is 0.354 e. The number of benzene rings is 3. The van der Waals surface area contributed by atoms with E-state index in [1.54, 1.807) is 30.0 Å². The lowest BCUT2D eigenvalue weighted by Gasteiger charge is -2.41. The number of rotatable bonds is 4. The highest BCUT2D eigenvalue weighted by molar-refractivity contribution is 7.99. The molecule has 9 heteroatoms. The van der Waals surface area contributed by atoms with E-state index in [0.717, 1.165) is 43.7 Å². The molecule has 1 saturated heterocycles. The highest BCUT2D eigenvalue weighted by atomic mass is 35.5. The Bertz CT molecular complexity index is 1560. The molecule has 0 amide bonds. The second-order valence-electron chi connectivity index (χ2n) is 9.47. The van der Waals surface area contributed by atoms with Gasteiger partial charge in [0.05, 0.1) is 16.2 Å². The predicted molar refractivity (Wildman–Crippen MR) is 158 cm³/mol. The van der Waals surface area contributed by atoms with Crippen LogP contribution in [0.1, 0.15) is 27.7 Å². The van der Waals surface area contributed by atoms with Gasteiger partial charge in [0.1, 0.15) is 0 Å². The van der Waals surface area contributed by atoms with Crippen LogP contribution in [0.3, 0.4) is 0 Å². The Kier molecular flexibility index (Phi) is 7.22. The molecule has 0 bridgehead atoms. The van der Waals surface area contributed by atoms with E-state index in [4.69, 9.17) is 23.2 Å². The number of pyridine rings is 1. The second-order valence-corrected chi connectivity index (χ2v) is 12.3. The van der Waals surface area contributed by atoms with Gasteiger partial charge in [-0.1, -0.05) is 53.2 Å². The van der Waals surface area contributed by atoms with Crippen molar-refractivity contribution in [1.82, 2.24) is 9.88 Å². The number of piperazine rings is 1. The van der Waals surface area contributed by atoms with Crippen molar-refractivity contribution in [3.05, 3.63) is 87.5 Å². The van der Waals surface area contributed by atoms with Crippen molar-refractivity contribution >= 4 is 69.3 Å². The molecule has 0 radical (unpaired) electrons. The zero-order valence-electron chi connectivity index (χ0n) is 20.7. The molecule has 2 aliphatic heterocycles. The Balaban J connectivity index is 1.33. The van der Waals surface area contributed by atoms with Crippen LogP contribution in [-0.4, -0.2) is 53.4 Å². The first-order chi connectivity index (χ1) is 18.4. The van der Waals surface area contributed by atoms with Crippen molar-refractivity contribution in [1.29, 1.82) is 0 Å². The molecule has 1 N–H and O–H groups in total. The number of thioether (sulfide) groups is 1. The first-order valence-corrected chi connectivity index (χ1v) is 15.2. The van der Waals surface area contributed by atoms with Crippen LogP contribution >= 0.6 is 46.7 Å². The van der Waals surface area contributed by atoms with E-state index in [1.165, 1.54) is 25.8 Å². The number of fused-ring (bicyclic) bond motifs is 3. The summed E-state index contributed by atoms with van der Waals surface area (Å²) in [5.74, 6) is -1.07. The first kappa shape index (κ1) is 25.8. The molecule has 5 nitrogen and oxygen atoms in total. The van der Waals surface area contributed by atoms with Gasteiger partial charge in [0, 0.05) is 57.3 Å². The fraction of sp³-hybridized carbons (Fsp3) is 0.241. The van der Waals surface area contributed by atoms with Crippen LogP contribution in [0.15, 0.2) is 75.4 Å². The molecule has 0 aliphatic carbocycles.